The molecule has 2 aromatic rings. The number of nitrogens with one attached hydrogen (secondary N) is 2. The lowest BCUT2D eigenvalue weighted by Crippen LogP contribution is -2.36. The Morgan fingerprint density at radius 2 is 2.04 bits per heavy atom. The SMILES string of the molecule is CN(C)[C@H](CNC(=O)Nc1cccc(C(F)(F)F)c1)c1ccsc1. The van der Waals surface area contributed by atoms with Crippen LogP contribution in [0.5, 0.6) is 0 Å². The molecular weight excluding hydrogens is 339 g/mol. The first-order chi connectivity index (χ1) is 11.3. The fourth-order valence-corrected chi connectivity index (χ4v) is 2.91. The molecule has 1 aromatic carbocycles. The zero-order chi connectivity index (χ0) is 17.7. The van der Waals surface area contributed by atoms with Crippen LogP contribution >= 0.6 is 11.3 Å². The molecule has 0 aliphatic carbocycles. The Labute approximate surface area is 142 Å². The van der Waals surface area contributed by atoms with E-state index in [1.54, 1.807) is 11.3 Å². The zero-order valence-electron chi connectivity index (χ0n) is 13.2. The number of carbonyl (C=O) groups is 1. The monoisotopic (exact) mass is 357 g/mol. The van der Waals surface area contributed by atoms with Gasteiger partial charge in [-0.3, -0.25) is 0 Å². The first kappa shape index (κ1) is 18.3. The summed E-state index contributed by atoms with van der Waals surface area (Å²) in [7, 11) is 3.80. The maximum atomic E-state index is 12.7. The molecule has 1 heterocycles. The minimum Gasteiger partial charge on any atom is -0.336 e. The van der Waals surface area contributed by atoms with Gasteiger partial charge in [0.15, 0.2) is 0 Å². The van der Waals surface area contributed by atoms with E-state index in [4.69, 9.17) is 0 Å². The van der Waals surface area contributed by atoms with Crippen LogP contribution in [0.15, 0.2) is 41.1 Å². The quantitative estimate of drug-likeness (QED) is 0.843. The molecule has 2 N–H and O–H groups in total. The highest BCUT2D eigenvalue weighted by atomic mass is 32.1. The first-order valence-electron chi connectivity index (χ1n) is 7.18. The Hall–Kier alpha value is -2.06. The van der Waals surface area contributed by atoms with Crippen molar-refractivity contribution in [3.63, 3.8) is 0 Å². The van der Waals surface area contributed by atoms with E-state index in [1.165, 1.54) is 12.1 Å². The number of nitrogens with zero attached hydrogens (tertiary/aromatic N) is 1. The largest absolute Gasteiger partial charge is 0.416 e. The molecule has 4 nitrogen and oxygen atoms in total. The second-order valence-corrected chi connectivity index (χ2v) is 6.23. The van der Waals surface area contributed by atoms with Crippen molar-refractivity contribution >= 4 is 23.1 Å². The molecule has 24 heavy (non-hydrogen) atoms. The van der Waals surface area contributed by atoms with Crippen molar-refractivity contribution in [1.29, 1.82) is 0 Å². The van der Waals surface area contributed by atoms with Crippen molar-refractivity contribution in [3.05, 3.63) is 52.2 Å². The van der Waals surface area contributed by atoms with Gasteiger partial charge in [0.1, 0.15) is 0 Å². The van der Waals surface area contributed by atoms with E-state index in [2.05, 4.69) is 10.6 Å². The number of amides is 2. The van der Waals surface area contributed by atoms with Crippen LogP contribution in [0.2, 0.25) is 0 Å². The second kappa shape index (κ2) is 7.67. The normalized spacial score (nSPS) is 12.9. The number of anilines is 1. The van der Waals surface area contributed by atoms with Crippen LogP contribution in [0.4, 0.5) is 23.7 Å². The Bertz CT molecular complexity index is 671. The summed E-state index contributed by atoms with van der Waals surface area (Å²) in [5.74, 6) is 0. The number of halogens is 3. The van der Waals surface area contributed by atoms with E-state index in [1.807, 2.05) is 35.8 Å². The zero-order valence-corrected chi connectivity index (χ0v) is 14.0. The number of hydrogen-bond acceptors (Lipinski definition) is 3. The third-order valence-electron chi connectivity index (χ3n) is 3.46. The van der Waals surface area contributed by atoms with Gasteiger partial charge < -0.3 is 15.5 Å². The van der Waals surface area contributed by atoms with Gasteiger partial charge in [-0.05, 0) is 54.7 Å². The molecule has 130 valence electrons. The topological polar surface area (TPSA) is 44.4 Å². The van der Waals surface area contributed by atoms with Gasteiger partial charge in [0.05, 0.1) is 11.6 Å². The minimum atomic E-state index is -4.44. The van der Waals surface area contributed by atoms with Crippen molar-refractivity contribution in [3.8, 4) is 0 Å². The number of rotatable bonds is 5. The third kappa shape index (κ3) is 4.97. The van der Waals surface area contributed by atoms with Gasteiger partial charge in [-0.1, -0.05) is 6.07 Å². The van der Waals surface area contributed by atoms with Crippen LogP contribution in [-0.4, -0.2) is 31.6 Å². The molecule has 2 amide bonds. The number of urea groups is 1. The number of thiophene rings is 1. The molecule has 0 unspecified atom stereocenters. The van der Waals surface area contributed by atoms with Gasteiger partial charge in [0, 0.05) is 12.2 Å². The van der Waals surface area contributed by atoms with Crippen LogP contribution in [0.25, 0.3) is 0 Å². The molecule has 1 aromatic heterocycles. The molecule has 0 saturated heterocycles. The van der Waals surface area contributed by atoms with Crippen molar-refractivity contribution < 1.29 is 18.0 Å². The van der Waals surface area contributed by atoms with E-state index >= 15 is 0 Å². The molecular formula is C16H18F3N3OS. The highest BCUT2D eigenvalue weighted by molar-refractivity contribution is 7.07. The highest BCUT2D eigenvalue weighted by Gasteiger charge is 2.30. The fourth-order valence-electron chi connectivity index (χ4n) is 2.20. The maximum Gasteiger partial charge on any atom is 0.416 e. The molecule has 8 heteroatoms. The fraction of sp³-hybridized carbons (Fsp3) is 0.312. The van der Waals surface area contributed by atoms with E-state index < -0.39 is 17.8 Å². The van der Waals surface area contributed by atoms with E-state index in [0.29, 0.717) is 6.54 Å². The summed E-state index contributed by atoms with van der Waals surface area (Å²) in [4.78, 5) is 13.9. The van der Waals surface area contributed by atoms with Gasteiger partial charge >= 0.3 is 12.2 Å². The average Bonchev–Trinajstić information content (AvgIpc) is 3.00. The summed E-state index contributed by atoms with van der Waals surface area (Å²) in [6, 6.07) is 5.95. The minimum absolute atomic E-state index is 0.0106. The summed E-state index contributed by atoms with van der Waals surface area (Å²) in [6.45, 7) is 0.342. The average molecular weight is 357 g/mol. The Balaban J connectivity index is 1.96. The summed E-state index contributed by atoms with van der Waals surface area (Å²) < 4.78 is 38.0. The van der Waals surface area contributed by atoms with Gasteiger partial charge in [-0.2, -0.15) is 24.5 Å². The molecule has 0 fully saturated rings. The van der Waals surface area contributed by atoms with Crippen LogP contribution in [0, 0.1) is 0 Å². The lowest BCUT2D eigenvalue weighted by Gasteiger charge is -2.24. The predicted octanol–water partition coefficient (Wildman–Crippen LogP) is 4.19. The van der Waals surface area contributed by atoms with E-state index in [-0.39, 0.29) is 11.7 Å². The van der Waals surface area contributed by atoms with Crippen molar-refractivity contribution in [2.75, 3.05) is 26.0 Å². The summed E-state index contributed by atoms with van der Waals surface area (Å²) in [5.41, 5.74) is 0.369. The molecule has 0 bridgehead atoms. The number of carbonyl (C=O) groups excluding carboxylic acids is 1. The smallest absolute Gasteiger partial charge is 0.336 e. The number of benzene rings is 1. The van der Waals surface area contributed by atoms with Crippen molar-refractivity contribution in [2.24, 2.45) is 0 Å². The molecule has 0 spiro atoms. The molecule has 1 atom stereocenters. The molecule has 0 aliphatic rings. The molecule has 0 radical (unpaired) electrons. The second-order valence-electron chi connectivity index (χ2n) is 5.45. The van der Waals surface area contributed by atoms with Gasteiger partial charge in [0.25, 0.3) is 0 Å². The third-order valence-corrected chi connectivity index (χ3v) is 4.16. The number of alkyl halides is 3. The Morgan fingerprint density at radius 1 is 1.29 bits per heavy atom. The van der Waals surface area contributed by atoms with Crippen LogP contribution < -0.4 is 10.6 Å². The molecule has 0 saturated carbocycles. The van der Waals surface area contributed by atoms with Crippen molar-refractivity contribution in [2.45, 2.75) is 12.2 Å². The Morgan fingerprint density at radius 3 is 2.62 bits per heavy atom. The van der Waals surface area contributed by atoms with Gasteiger partial charge in [-0.25, -0.2) is 4.79 Å². The summed E-state index contributed by atoms with van der Waals surface area (Å²) in [5, 5.41) is 9.07. The van der Waals surface area contributed by atoms with Crippen LogP contribution in [-0.2, 0) is 6.18 Å². The lowest BCUT2D eigenvalue weighted by molar-refractivity contribution is -0.137. The Kier molecular flexibility index (Phi) is 5.84. The van der Waals surface area contributed by atoms with E-state index in [0.717, 1.165) is 17.7 Å². The lowest BCUT2D eigenvalue weighted by atomic mass is 10.1. The number of likely N-dealkylation sites (N-methyl/N-ethyl adjacent to an activating group) is 1. The van der Waals surface area contributed by atoms with Crippen molar-refractivity contribution in [1.82, 2.24) is 10.2 Å². The van der Waals surface area contributed by atoms with E-state index in [9.17, 15) is 18.0 Å². The first-order valence-corrected chi connectivity index (χ1v) is 8.12. The molecule has 0 aliphatic heterocycles. The number of hydrogen-bond donors (Lipinski definition) is 2. The summed E-state index contributed by atoms with van der Waals surface area (Å²) in [6.07, 6.45) is -4.44. The van der Waals surface area contributed by atoms with Crippen LogP contribution in [0.1, 0.15) is 17.2 Å². The highest BCUT2D eigenvalue weighted by Crippen LogP contribution is 2.30. The standard InChI is InChI=1S/C16H18F3N3OS/c1-22(2)14(11-6-7-24-10-11)9-20-15(23)21-13-5-3-4-12(8-13)16(17,18)19/h3-8,10,14H,9H2,1-2H3,(H2,20,21,23)/t14-/m1/s1. The van der Waals surface area contributed by atoms with Crippen LogP contribution in [0.3, 0.4) is 0 Å². The molecule has 2 rings (SSSR count). The van der Waals surface area contributed by atoms with Gasteiger partial charge in [-0.15, -0.1) is 0 Å². The predicted molar refractivity (Wildman–Crippen MR) is 89.2 cm³/mol. The maximum absolute atomic E-state index is 12.7. The van der Waals surface area contributed by atoms with Gasteiger partial charge in [0.2, 0.25) is 0 Å². The summed E-state index contributed by atoms with van der Waals surface area (Å²) >= 11 is 1.56.